The van der Waals surface area contributed by atoms with Crippen molar-refractivity contribution in [3.63, 3.8) is 0 Å². The maximum Gasteiger partial charge on any atom is 0.201 e. The third kappa shape index (κ3) is 2.47. The molecule has 3 aromatic rings. The minimum atomic E-state index is -0.737. The molecular formula is C22H16O5. The molecule has 1 aliphatic carbocycles. The lowest BCUT2D eigenvalue weighted by Gasteiger charge is -2.27. The Morgan fingerprint density at radius 3 is 2.19 bits per heavy atom. The van der Waals surface area contributed by atoms with E-state index in [0.29, 0.717) is 22.3 Å². The van der Waals surface area contributed by atoms with Crippen LogP contribution in [0.5, 0.6) is 17.2 Å². The molecule has 3 N–H and O–H groups in total. The number of ketones is 2. The van der Waals surface area contributed by atoms with Gasteiger partial charge < -0.3 is 15.3 Å². The van der Waals surface area contributed by atoms with Crippen molar-refractivity contribution in [2.75, 3.05) is 0 Å². The summed E-state index contributed by atoms with van der Waals surface area (Å²) in [6, 6.07) is 14.1. The summed E-state index contributed by atoms with van der Waals surface area (Å²) in [5.41, 5.74) is 1.95. The number of carbonyl (C=O) groups is 2. The zero-order valence-corrected chi connectivity index (χ0v) is 14.4. The van der Waals surface area contributed by atoms with Crippen molar-refractivity contribution in [2.24, 2.45) is 0 Å². The number of rotatable bonds is 2. The summed E-state index contributed by atoms with van der Waals surface area (Å²) >= 11 is 0. The molecule has 0 heterocycles. The van der Waals surface area contributed by atoms with Crippen molar-refractivity contribution in [3.05, 3.63) is 76.9 Å². The van der Waals surface area contributed by atoms with E-state index in [0.717, 1.165) is 0 Å². The molecule has 134 valence electrons. The number of hydrogen-bond donors (Lipinski definition) is 3. The zero-order valence-electron chi connectivity index (χ0n) is 14.4. The Labute approximate surface area is 155 Å². The van der Waals surface area contributed by atoms with E-state index in [1.54, 1.807) is 36.4 Å². The van der Waals surface area contributed by atoms with Gasteiger partial charge in [-0.05, 0) is 41.8 Å². The van der Waals surface area contributed by atoms with Gasteiger partial charge in [0.15, 0.2) is 0 Å². The summed E-state index contributed by atoms with van der Waals surface area (Å²) in [5, 5.41) is 30.5. The average molecular weight is 360 g/mol. The molecule has 0 saturated carbocycles. The minimum absolute atomic E-state index is 0.0229. The van der Waals surface area contributed by atoms with Crippen LogP contribution in [0.4, 0.5) is 0 Å². The third-order valence-corrected chi connectivity index (χ3v) is 4.95. The topological polar surface area (TPSA) is 94.8 Å². The van der Waals surface area contributed by atoms with Crippen LogP contribution < -0.4 is 0 Å². The molecule has 0 aromatic heterocycles. The Morgan fingerprint density at radius 1 is 0.852 bits per heavy atom. The molecule has 3 aromatic carbocycles. The lowest BCUT2D eigenvalue weighted by Crippen LogP contribution is -2.24. The SMILES string of the molecule is CC(=O)C1c2cccc(O)c2C(=O)c2c1ccc(-c1ccc(O)cc1)c2O. The quantitative estimate of drug-likeness (QED) is 0.647. The summed E-state index contributed by atoms with van der Waals surface area (Å²) < 4.78 is 0. The second kappa shape index (κ2) is 5.99. The molecule has 1 aliphatic rings. The number of phenolic OH excluding ortho intramolecular Hbond substituents is 3. The van der Waals surface area contributed by atoms with E-state index in [2.05, 4.69) is 0 Å². The van der Waals surface area contributed by atoms with Gasteiger partial charge in [0.05, 0.1) is 17.0 Å². The first-order valence-electron chi connectivity index (χ1n) is 8.42. The molecule has 0 fully saturated rings. The van der Waals surface area contributed by atoms with Crippen LogP contribution in [-0.2, 0) is 4.79 Å². The van der Waals surface area contributed by atoms with Crippen LogP contribution >= 0.6 is 0 Å². The lowest BCUT2D eigenvalue weighted by atomic mass is 9.74. The van der Waals surface area contributed by atoms with Crippen molar-refractivity contribution in [2.45, 2.75) is 12.8 Å². The van der Waals surface area contributed by atoms with Crippen LogP contribution in [0, 0.1) is 0 Å². The number of fused-ring (bicyclic) bond motifs is 2. The monoisotopic (exact) mass is 360 g/mol. The fourth-order valence-electron chi connectivity index (χ4n) is 3.74. The Morgan fingerprint density at radius 2 is 1.52 bits per heavy atom. The first-order valence-corrected chi connectivity index (χ1v) is 8.42. The van der Waals surface area contributed by atoms with E-state index in [1.807, 2.05) is 0 Å². The highest BCUT2D eigenvalue weighted by Crippen LogP contribution is 2.46. The molecule has 1 unspecified atom stereocenters. The molecule has 0 spiro atoms. The molecule has 1 atom stereocenters. The Bertz CT molecular complexity index is 1100. The normalized spacial score (nSPS) is 15.1. The molecule has 0 saturated heterocycles. The maximum atomic E-state index is 13.1. The summed E-state index contributed by atoms with van der Waals surface area (Å²) in [6.45, 7) is 1.42. The molecule has 0 bridgehead atoms. The molecule has 5 nitrogen and oxygen atoms in total. The van der Waals surface area contributed by atoms with E-state index < -0.39 is 11.7 Å². The molecular weight excluding hydrogens is 344 g/mol. The number of hydrogen-bond acceptors (Lipinski definition) is 5. The van der Waals surface area contributed by atoms with Gasteiger partial charge in [-0.15, -0.1) is 0 Å². The van der Waals surface area contributed by atoms with Gasteiger partial charge in [0.2, 0.25) is 5.78 Å². The lowest BCUT2D eigenvalue weighted by molar-refractivity contribution is -0.117. The van der Waals surface area contributed by atoms with Crippen molar-refractivity contribution < 1.29 is 24.9 Å². The van der Waals surface area contributed by atoms with Gasteiger partial charge in [-0.25, -0.2) is 0 Å². The van der Waals surface area contributed by atoms with Crippen molar-refractivity contribution in [1.82, 2.24) is 0 Å². The van der Waals surface area contributed by atoms with Crippen LogP contribution in [-0.4, -0.2) is 26.9 Å². The maximum absolute atomic E-state index is 13.1. The van der Waals surface area contributed by atoms with E-state index in [4.69, 9.17) is 0 Å². The minimum Gasteiger partial charge on any atom is -0.508 e. The zero-order chi connectivity index (χ0) is 19.3. The molecule has 4 rings (SSSR count). The summed E-state index contributed by atoms with van der Waals surface area (Å²) in [5.74, 6) is -1.82. The molecule has 5 heteroatoms. The van der Waals surface area contributed by atoms with E-state index in [-0.39, 0.29) is 34.2 Å². The van der Waals surface area contributed by atoms with Gasteiger partial charge >= 0.3 is 0 Å². The third-order valence-electron chi connectivity index (χ3n) is 4.95. The fourth-order valence-corrected chi connectivity index (χ4v) is 3.74. The fraction of sp³-hybridized carbons (Fsp3) is 0.0909. The van der Waals surface area contributed by atoms with Gasteiger partial charge in [-0.1, -0.05) is 36.4 Å². The number of Topliss-reactive ketones (excluding diaryl/α,β-unsaturated/α-hetero) is 1. The Balaban J connectivity index is 2.00. The predicted octanol–water partition coefficient (Wildman–Crippen LogP) is 3.74. The summed E-state index contributed by atoms with van der Waals surface area (Å²) in [7, 11) is 0. The Hall–Kier alpha value is -3.60. The van der Waals surface area contributed by atoms with Crippen LogP contribution in [0.15, 0.2) is 54.6 Å². The van der Waals surface area contributed by atoms with Crippen molar-refractivity contribution in [3.8, 4) is 28.4 Å². The average Bonchev–Trinajstić information content (AvgIpc) is 2.62. The first kappa shape index (κ1) is 16.8. The summed E-state index contributed by atoms with van der Waals surface area (Å²) in [4.78, 5) is 25.4. The second-order valence-electron chi connectivity index (χ2n) is 6.59. The molecule has 0 amide bonds. The van der Waals surface area contributed by atoms with E-state index in [1.165, 1.54) is 25.1 Å². The molecule has 0 aliphatic heterocycles. The Kier molecular flexibility index (Phi) is 3.73. The highest BCUT2D eigenvalue weighted by atomic mass is 16.3. The van der Waals surface area contributed by atoms with E-state index in [9.17, 15) is 24.9 Å². The highest BCUT2D eigenvalue weighted by molar-refractivity contribution is 6.18. The predicted molar refractivity (Wildman–Crippen MR) is 99.3 cm³/mol. The van der Waals surface area contributed by atoms with Gasteiger partial charge in [0.25, 0.3) is 0 Å². The van der Waals surface area contributed by atoms with Crippen LogP contribution in [0.25, 0.3) is 11.1 Å². The summed E-state index contributed by atoms with van der Waals surface area (Å²) in [6.07, 6.45) is 0. The molecule has 0 radical (unpaired) electrons. The van der Waals surface area contributed by atoms with Gasteiger partial charge in [-0.2, -0.15) is 0 Å². The smallest absolute Gasteiger partial charge is 0.201 e. The number of aromatic hydroxyl groups is 3. The van der Waals surface area contributed by atoms with Crippen molar-refractivity contribution >= 4 is 11.6 Å². The molecule has 27 heavy (non-hydrogen) atoms. The number of carbonyl (C=O) groups excluding carboxylic acids is 2. The van der Waals surface area contributed by atoms with Crippen LogP contribution in [0.1, 0.15) is 39.9 Å². The van der Waals surface area contributed by atoms with Gasteiger partial charge in [0, 0.05) is 5.56 Å². The first-order chi connectivity index (χ1) is 12.9. The number of benzene rings is 3. The number of phenols is 3. The van der Waals surface area contributed by atoms with Crippen LogP contribution in [0.3, 0.4) is 0 Å². The highest BCUT2D eigenvalue weighted by Gasteiger charge is 2.37. The second-order valence-corrected chi connectivity index (χ2v) is 6.59. The van der Waals surface area contributed by atoms with Gasteiger partial charge in [-0.3, -0.25) is 9.59 Å². The van der Waals surface area contributed by atoms with E-state index >= 15 is 0 Å². The van der Waals surface area contributed by atoms with Gasteiger partial charge in [0.1, 0.15) is 23.0 Å². The van der Waals surface area contributed by atoms with Crippen molar-refractivity contribution in [1.29, 1.82) is 0 Å². The largest absolute Gasteiger partial charge is 0.508 e. The van der Waals surface area contributed by atoms with Crippen LogP contribution in [0.2, 0.25) is 0 Å². The standard InChI is InChI=1S/C22H16O5/c1-11(23)18-15-3-2-4-17(25)19(15)22(27)20-16(18)10-9-14(21(20)26)12-5-7-13(24)8-6-12/h2-10,18,24-26H,1H3.